The van der Waals surface area contributed by atoms with E-state index in [1.54, 1.807) is 20.1 Å². The molecule has 0 radical (unpaired) electrons. The average molecular weight is 269 g/mol. The summed E-state index contributed by atoms with van der Waals surface area (Å²) in [6.45, 7) is 1.94. The zero-order valence-corrected chi connectivity index (χ0v) is 10.8. The molecule has 0 aliphatic carbocycles. The molecule has 0 bridgehead atoms. The van der Waals surface area contributed by atoms with Gasteiger partial charge in [0.1, 0.15) is 5.38 Å². The maximum absolute atomic E-state index is 5.82. The van der Waals surface area contributed by atoms with Crippen molar-refractivity contribution in [3.63, 3.8) is 0 Å². The van der Waals surface area contributed by atoms with Crippen molar-refractivity contribution in [3.8, 4) is 11.5 Å². The topological polar surface area (TPSA) is 57.4 Å². The minimum Gasteiger partial charge on any atom is -0.493 e. The molecule has 0 amide bonds. The normalized spacial score (nSPS) is 12.2. The number of halogens is 1. The van der Waals surface area contributed by atoms with E-state index < -0.39 is 0 Å². The number of rotatable bonds is 5. The van der Waals surface area contributed by atoms with Crippen molar-refractivity contribution in [2.75, 3.05) is 7.11 Å². The summed E-state index contributed by atoms with van der Waals surface area (Å²) in [5, 5.41) is 7.34. The molecule has 6 heteroatoms. The second-order valence-corrected chi connectivity index (χ2v) is 4.24. The molecule has 0 N–H and O–H groups in total. The van der Waals surface area contributed by atoms with E-state index in [0.29, 0.717) is 23.3 Å². The van der Waals surface area contributed by atoms with Crippen LogP contribution in [0.25, 0.3) is 0 Å². The number of para-hydroxylation sites is 2. The van der Waals surface area contributed by atoms with E-state index in [-0.39, 0.29) is 12.0 Å². The lowest BCUT2D eigenvalue weighted by atomic mass is 10.3. The van der Waals surface area contributed by atoms with Crippen molar-refractivity contribution in [3.05, 3.63) is 36.0 Å². The Hall–Kier alpha value is -1.75. The van der Waals surface area contributed by atoms with Crippen LogP contribution in [0.2, 0.25) is 0 Å². The summed E-state index contributed by atoms with van der Waals surface area (Å²) in [7, 11) is 1.59. The number of methoxy groups -OCH3 is 1. The molecule has 18 heavy (non-hydrogen) atoms. The van der Waals surface area contributed by atoms with Crippen LogP contribution in [0.1, 0.15) is 24.1 Å². The summed E-state index contributed by atoms with van der Waals surface area (Å²) in [6, 6.07) is 7.35. The second kappa shape index (κ2) is 5.73. The highest BCUT2D eigenvalue weighted by atomic mass is 35.5. The first-order valence-corrected chi connectivity index (χ1v) is 5.86. The number of benzene rings is 1. The Kier molecular flexibility index (Phi) is 4.04. The molecule has 1 heterocycles. The summed E-state index contributed by atoms with van der Waals surface area (Å²) in [4.78, 5) is 0. The smallest absolute Gasteiger partial charge is 0.253 e. The molecule has 0 spiro atoms. The molecule has 0 saturated heterocycles. The second-order valence-electron chi connectivity index (χ2n) is 3.59. The zero-order chi connectivity index (χ0) is 13.0. The van der Waals surface area contributed by atoms with Gasteiger partial charge in [-0.05, 0) is 19.1 Å². The van der Waals surface area contributed by atoms with Crippen LogP contribution in [0, 0.1) is 0 Å². The molecule has 0 aliphatic rings. The Morgan fingerprint density at radius 3 is 2.61 bits per heavy atom. The summed E-state index contributed by atoms with van der Waals surface area (Å²) >= 11 is 5.82. The molecule has 0 fully saturated rings. The molecule has 0 aliphatic heterocycles. The monoisotopic (exact) mass is 268 g/mol. The molecule has 1 aromatic heterocycles. The fourth-order valence-corrected chi connectivity index (χ4v) is 1.45. The van der Waals surface area contributed by atoms with Gasteiger partial charge in [0.2, 0.25) is 5.89 Å². The molecule has 96 valence electrons. The van der Waals surface area contributed by atoms with Gasteiger partial charge in [-0.3, -0.25) is 0 Å². The van der Waals surface area contributed by atoms with Gasteiger partial charge in [-0.2, -0.15) is 0 Å². The quantitative estimate of drug-likeness (QED) is 0.780. The molecule has 1 atom stereocenters. The van der Waals surface area contributed by atoms with Crippen LogP contribution in [-0.4, -0.2) is 17.3 Å². The van der Waals surface area contributed by atoms with Gasteiger partial charge in [-0.15, -0.1) is 21.8 Å². The molecular weight excluding hydrogens is 256 g/mol. The average Bonchev–Trinajstić information content (AvgIpc) is 2.85. The van der Waals surface area contributed by atoms with Crippen molar-refractivity contribution in [1.82, 2.24) is 10.2 Å². The third kappa shape index (κ3) is 2.92. The number of nitrogens with zero attached hydrogens (tertiary/aromatic N) is 2. The van der Waals surface area contributed by atoms with Gasteiger partial charge in [-0.1, -0.05) is 12.1 Å². The van der Waals surface area contributed by atoms with Crippen LogP contribution >= 0.6 is 11.6 Å². The zero-order valence-electron chi connectivity index (χ0n) is 10.1. The van der Waals surface area contributed by atoms with Gasteiger partial charge in [0.15, 0.2) is 18.1 Å². The third-order valence-electron chi connectivity index (χ3n) is 2.24. The summed E-state index contributed by atoms with van der Waals surface area (Å²) < 4.78 is 16.0. The molecular formula is C12H13ClN2O3. The van der Waals surface area contributed by atoms with Gasteiger partial charge >= 0.3 is 0 Å². The van der Waals surface area contributed by atoms with Crippen LogP contribution in [-0.2, 0) is 6.61 Å². The summed E-state index contributed by atoms with van der Waals surface area (Å²) in [6.07, 6.45) is 0. The fourth-order valence-electron chi connectivity index (χ4n) is 1.36. The minimum atomic E-state index is -0.308. The van der Waals surface area contributed by atoms with Crippen molar-refractivity contribution in [2.24, 2.45) is 0 Å². The predicted molar refractivity (Wildman–Crippen MR) is 65.9 cm³/mol. The molecule has 5 nitrogen and oxygen atoms in total. The van der Waals surface area contributed by atoms with E-state index in [2.05, 4.69) is 10.2 Å². The third-order valence-corrected chi connectivity index (χ3v) is 2.43. The molecule has 1 aromatic carbocycles. The van der Waals surface area contributed by atoms with Crippen molar-refractivity contribution < 1.29 is 13.9 Å². The number of hydrogen-bond donors (Lipinski definition) is 0. The Bertz CT molecular complexity index is 514. The lowest BCUT2D eigenvalue weighted by Crippen LogP contribution is -1.97. The number of ether oxygens (including phenoxy) is 2. The van der Waals surface area contributed by atoms with E-state index in [1.807, 2.05) is 18.2 Å². The first kappa shape index (κ1) is 12.7. The first-order chi connectivity index (χ1) is 8.70. The number of hydrogen-bond acceptors (Lipinski definition) is 5. The van der Waals surface area contributed by atoms with E-state index in [4.69, 9.17) is 25.5 Å². The van der Waals surface area contributed by atoms with Gasteiger partial charge in [0.25, 0.3) is 5.89 Å². The Balaban J connectivity index is 2.02. The van der Waals surface area contributed by atoms with E-state index in [1.165, 1.54) is 0 Å². The minimum absolute atomic E-state index is 0.178. The SMILES string of the molecule is COc1ccccc1OCc1nnc(C(C)Cl)o1. The molecule has 2 rings (SSSR count). The summed E-state index contributed by atoms with van der Waals surface area (Å²) in [5.41, 5.74) is 0. The van der Waals surface area contributed by atoms with Crippen molar-refractivity contribution in [2.45, 2.75) is 18.9 Å². The maximum atomic E-state index is 5.82. The largest absolute Gasteiger partial charge is 0.493 e. The van der Waals surface area contributed by atoms with Crippen LogP contribution < -0.4 is 9.47 Å². The fraction of sp³-hybridized carbons (Fsp3) is 0.333. The van der Waals surface area contributed by atoms with Crippen LogP contribution in [0.3, 0.4) is 0 Å². The highest BCUT2D eigenvalue weighted by Gasteiger charge is 2.12. The predicted octanol–water partition coefficient (Wildman–Crippen LogP) is 2.96. The Morgan fingerprint density at radius 1 is 1.28 bits per heavy atom. The Labute approximate surface area is 110 Å². The summed E-state index contributed by atoms with van der Waals surface area (Å²) in [5.74, 6) is 2.04. The molecule has 1 unspecified atom stereocenters. The van der Waals surface area contributed by atoms with Crippen LogP contribution in [0.15, 0.2) is 28.7 Å². The van der Waals surface area contributed by atoms with Crippen molar-refractivity contribution in [1.29, 1.82) is 0 Å². The number of alkyl halides is 1. The molecule has 2 aromatic rings. The van der Waals surface area contributed by atoms with Gasteiger partial charge in [-0.25, -0.2) is 0 Å². The van der Waals surface area contributed by atoms with Crippen LogP contribution in [0.4, 0.5) is 0 Å². The van der Waals surface area contributed by atoms with E-state index in [0.717, 1.165) is 0 Å². The van der Waals surface area contributed by atoms with E-state index in [9.17, 15) is 0 Å². The molecule has 0 saturated carbocycles. The Morgan fingerprint density at radius 2 is 2.00 bits per heavy atom. The van der Waals surface area contributed by atoms with Crippen LogP contribution in [0.5, 0.6) is 11.5 Å². The lowest BCUT2D eigenvalue weighted by Gasteiger charge is -2.07. The highest BCUT2D eigenvalue weighted by molar-refractivity contribution is 6.20. The first-order valence-electron chi connectivity index (χ1n) is 5.43. The standard InChI is InChI=1S/C12H13ClN2O3/c1-8(13)12-15-14-11(18-12)7-17-10-6-4-3-5-9(10)16-2/h3-6,8H,7H2,1-2H3. The highest BCUT2D eigenvalue weighted by Crippen LogP contribution is 2.26. The van der Waals surface area contributed by atoms with Gasteiger partial charge in [0.05, 0.1) is 7.11 Å². The van der Waals surface area contributed by atoms with Gasteiger partial charge < -0.3 is 13.9 Å². The van der Waals surface area contributed by atoms with E-state index >= 15 is 0 Å². The van der Waals surface area contributed by atoms with Gasteiger partial charge in [0, 0.05) is 0 Å². The van der Waals surface area contributed by atoms with Crippen molar-refractivity contribution >= 4 is 11.6 Å². The maximum Gasteiger partial charge on any atom is 0.253 e. The lowest BCUT2D eigenvalue weighted by molar-refractivity contribution is 0.246. The number of aromatic nitrogens is 2.